The minimum absolute atomic E-state index is 0.989. The molecule has 0 N–H and O–H groups in total. The summed E-state index contributed by atoms with van der Waals surface area (Å²) < 4.78 is 0. The van der Waals surface area contributed by atoms with Gasteiger partial charge in [0.2, 0.25) is 0 Å². The van der Waals surface area contributed by atoms with Gasteiger partial charge in [-0.1, -0.05) is 12.2 Å². The molecule has 2 heteroatoms. The molecule has 0 aliphatic heterocycles. The van der Waals surface area contributed by atoms with Crippen molar-refractivity contribution in [3.05, 3.63) is 42.4 Å². The number of aromatic nitrogens is 2. The van der Waals surface area contributed by atoms with E-state index in [0.29, 0.717) is 0 Å². The maximum Gasteiger partial charge on any atom is 0.0733 e. The molecule has 0 radical (unpaired) electrons. The van der Waals surface area contributed by atoms with Crippen molar-refractivity contribution < 1.29 is 0 Å². The van der Waals surface area contributed by atoms with Crippen molar-refractivity contribution >= 4 is 17.0 Å². The molecule has 0 saturated carbocycles. The quantitative estimate of drug-likeness (QED) is 0.657. The van der Waals surface area contributed by atoms with Gasteiger partial charge in [0.25, 0.3) is 0 Å². The second-order valence-electron chi connectivity index (χ2n) is 2.84. The molecule has 2 aromatic rings. The number of hydrogen-bond donors (Lipinski definition) is 0. The Labute approximate surface area is 77.0 Å². The summed E-state index contributed by atoms with van der Waals surface area (Å²) in [6.07, 6.45) is 9.47. The Morgan fingerprint density at radius 1 is 1.31 bits per heavy atom. The Morgan fingerprint density at radius 2 is 2.23 bits per heavy atom. The zero-order chi connectivity index (χ0) is 9.10. The molecule has 0 amide bonds. The van der Waals surface area contributed by atoms with E-state index in [2.05, 4.69) is 16.0 Å². The maximum absolute atomic E-state index is 4.31. The van der Waals surface area contributed by atoms with Crippen LogP contribution in [0.3, 0.4) is 0 Å². The van der Waals surface area contributed by atoms with Gasteiger partial charge in [0.1, 0.15) is 0 Å². The number of hydrogen-bond acceptors (Lipinski definition) is 2. The lowest BCUT2D eigenvalue weighted by Gasteiger charge is -1.96. The molecule has 0 aromatic carbocycles. The normalized spacial score (nSPS) is 11.2. The minimum Gasteiger partial charge on any atom is -0.264 e. The topological polar surface area (TPSA) is 25.8 Å². The third kappa shape index (κ3) is 1.56. The summed E-state index contributed by atoms with van der Waals surface area (Å²) in [5, 5.41) is 1.08. The molecule has 2 nitrogen and oxygen atoms in total. The first-order valence-electron chi connectivity index (χ1n) is 4.22. The highest BCUT2D eigenvalue weighted by atomic mass is 14.7. The standard InChI is InChI=1S/C11H10N2/c1-2-3-9-6-10-8-12-5-4-11(10)13-7-9/h2-8H,1H3/b3-2+. The van der Waals surface area contributed by atoms with Crippen molar-refractivity contribution in [2.45, 2.75) is 6.92 Å². The van der Waals surface area contributed by atoms with E-state index in [0.717, 1.165) is 16.5 Å². The fourth-order valence-corrected chi connectivity index (χ4v) is 1.27. The van der Waals surface area contributed by atoms with Crippen LogP contribution in [0, 0.1) is 0 Å². The molecule has 0 saturated heterocycles. The molecule has 0 atom stereocenters. The predicted molar refractivity (Wildman–Crippen MR) is 54.2 cm³/mol. The average Bonchev–Trinajstić information content (AvgIpc) is 2.18. The number of rotatable bonds is 1. The molecular formula is C11H10N2. The second-order valence-corrected chi connectivity index (χ2v) is 2.84. The van der Waals surface area contributed by atoms with Crippen LogP contribution in [0.4, 0.5) is 0 Å². The summed E-state index contributed by atoms with van der Waals surface area (Å²) >= 11 is 0. The monoisotopic (exact) mass is 170 g/mol. The van der Waals surface area contributed by atoms with Crippen LogP contribution >= 0.6 is 0 Å². The average molecular weight is 170 g/mol. The highest BCUT2D eigenvalue weighted by Gasteiger charge is 1.93. The van der Waals surface area contributed by atoms with Crippen LogP contribution in [-0.4, -0.2) is 9.97 Å². The van der Waals surface area contributed by atoms with E-state index in [-0.39, 0.29) is 0 Å². The van der Waals surface area contributed by atoms with Gasteiger partial charge in [-0.05, 0) is 24.6 Å². The molecule has 2 heterocycles. The molecule has 0 bridgehead atoms. The molecule has 2 aromatic heterocycles. The lowest BCUT2D eigenvalue weighted by Crippen LogP contribution is -1.81. The Kier molecular flexibility index (Phi) is 2.04. The molecular weight excluding hydrogens is 160 g/mol. The molecule has 2 rings (SSSR count). The lowest BCUT2D eigenvalue weighted by molar-refractivity contribution is 1.32. The predicted octanol–water partition coefficient (Wildman–Crippen LogP) is 2.66. The van der Waals surface area contributed by atoms with Gasteiger partial charge in [0.05, 0.1) is 5.52 Å². The maximum atomic E-state index is 4.31. The van der Waals surface area contributed by atoms with Gasteiger partial charge >= 0.3 is 0 Å². The van der Waals surface area contributed by atoms with Crippen LogP contribution in [0.15, 0.2) is 36.8 Å². The molecule has 64 valence electrons. The van der Waals surface area contributed by atoms with E-state index in [1.165, 1.54) is 0 Å². The van der Waals surface area contributed by atoms with Gasteiger partial charge < -0.3 is 0 Å². The Morgan fingerprint density at radius 3 is 3.08 bits per heavy atom. The molecule has 0 spiro atoms. The SMILES string of the molecule is C/C=C/c1cnc2ccncc2c1. The van der Waals surface area contributed by atoms with Gasteiger partial charge in [-0.15, -0.1) is 0 Å². The zero-order valence-electron chi connectivity index (χ0n) is 7.44. The fourth-order valence-electron chi connectivity index (χ4n) is 1.27. The van der Waals surface area contributed by atoms with Crippen molar-refractivity contribution in [3.8, 4) is 0 Å². The number of pyridine rings is 2. The lowest BCUT2D eigenvalue weighted by atomic mass is 10.2. The molecule has 13 heavy (non-hydrogen) atoms. The molecule has 0 unspecified atom stereocenters. The number of nitrogens with zero attached hydrogens (tertiary/aromatic N) is 2. The Bertz CT molecular complexity index is 447. The summed E-state index contributed by atoms with van der Waals surface area (Å²) in [5.74, 6) is 0. The van der Waals surface area contributed by atoms with Gasteiger partial charge in [-0.2, -0.15) is 0 Å². The first-order chi connectivity index (χ1) is 6.40. The highest BCUT2D eigenvalue weighted by Crippen LogP contribution is 2.11. The summed E-state index contributed by atoms with van der Waals surface area (Å²) in [7, 11) is 0. The second kappa shape index (κ2) is 3.35. The van der Waals surface area contributed by atoms with E-state index >= 15 is 0 Å². The van der Waals surface area contributed by atoms with Crippen LogP contribution in [0.2, 0.25) is 0 Å². The van der Waals surface area contributed by atoms with Gasteiger partial charge in [-0.3, -0.25) is 9.97 Å². The van der Waals surface area contributed by atoms with Crippen molar-refractivity contribution in [1.82, 2.24) is 9.97 Å². The van der Waals surface area contributed by atoms with Crippen molar-refractivity contribution in [2.24, 2.45) is 0 Å². The van der Waals surface area contributed by atoms with E-state index in [9.17, 15) is 0 Å². The molecule has 0 aliphatic carbocycles. The number of allylic oxidation sites excluding steroid dienone is 1. The van der Waals surface area contributed by atoms with Crippen molar-refractivity contribution in [1.29, 1.82) is 0 Å². The van der Waals surface area contributed by atoms with Gasteiger partial charge in [0.15, 0.2) is 0 Å². The van der Waals surface area contributed by atoms with Crippen LogP contribution in [0.25, 0.3) is 17.0 Å². The van der Waals surface area contributed by atoms with Crippen LogP contribution < -0.4 is 0 Å². The summed E-state index contributed by atoms with van der Waals surface area (Å²) in [6.45, 7) is 1.99. The summed E-state index contributed by atoms with van der Waals surface area (Å²) in [4.78, 5) is 8.36. The van der Waals surface area contributed by atoms with Gasteiger partial charge in [0, 0.05) is 24.0 Å². The first kappa shape index (κ1) is 7.92. The highest BCUT2D eigenvalue weighted by molar-refractivity contribution is 5.79. The summed E-state index contributed by atoms with van der Waals surface area (Å²) in [5.41, 5.74) is 2.10. The van der Waals surface area contributed by atoms with Crippen LogP contribution in [-0.2, 0) is 0 Å². The van der Waals surface area contributed by atoms with E-state index in [4.69, 9.17) is 0 Å². The zero-order valence-corrected chi connectivity index (χ0v) is 7.44. The van der Waals surface area contributed by atoms with E-state index < -0.39 is 0 Å². The van der Waals surface area contributed by atoms with Crippen molar-refractivity contribution in [2.75, 3.05) is 0 Å². The van der Waals surface area contributed by atoms with E-state index in [1.807, 2.05) is 37.5 Å². The third-order valence-corrected chi connectivity index (χ3v) is 1.86. The third-order valence-electron chi connectivity index (χ3n) is 1.86. The minimum atomic E-state index is 0.989. The Balaban J connectivity index is 2.62. The van der Waals surface area contributed by atoms with Crippen LogP contribution in [0.5, 0.6) is 0 Å². The smallest absolute Gasteiger partial charge is 0.0733 e. The summed E-state index contributed by atoms with van der Waals surface area (Å²) in [6, 6.07) is 3.99. The van der Waals surface area contributed by atoms with E-state index in [1.54, 1.807) is 6.20 Å². The molecule has 0 fully saturated rings. The Hall–Kier alpha value is -1.70. The fraction of sp³-hybridized carbons (Fsp3) is 0.0909. The molecule has 0 aliphatic rings. The van der Waals surface area contributed by atoms with Crippen molar-refractivity contribution in [3.63, 3.8) is 0 Å². The first-order valence-corrected chi connectivity index (χ1v) is 4.22. The van der Waals surface area contributed by atoms with Crippen LogP contribution in [0.1, 0.15) is 12.5 Å². The number of fused-ring (bicyclic) bond motifs is 1. The largest absolute Gasteiger partial charge is 0.264 e. The van der Waals surface area contributed by atoms with Gasteiger partial charge in [-0.25, -0.2) is 0 Å².